The first-order chi connectivity index (χ1) is 10.4. The molecule has 0 fully saturated rings. The van der Waals surface area contributed by atoms with Gasteiger partial charge < -0.3 is 4.57 Å². The number of benzene rings is 1. The number of nitrogens with one attached hydrogen (secondary N) is 1. The number of nitrogens with zero attached hydrogens (tertiary/aromatic N) is 3. The Hall–Kier alpha value is -1.75. The first kappa shape index (κ1) is 15.2. The van der Waals surface area contributed by atoms with Crippen LogP contribution in [0.25, 0.3) is 22.1 Å². The van der Waals surface area contributed by atoms with Crippen LogP contribution in [0, 0.1) is 4.77 Å². The minimum atomic E-state index is 0.112. The summed E-state index contributed by atoms with van der Waals surface area (Å²) in [5.74, 6) is 0. The Morgan fingerprint density at radius 3 is 2.73 bits per heavy atom. The first-order valence-electron chi connectivity index (χ1n) is 7.81. The highest BCUT2D eigenvalue weighted by Crippen LogP contribution is 2.31. The zero-order valence-corrected chi connectivity index (χ0v) is 14.4. The van der Waals surface area contributed by atoms with E-state index in [1.807, 2.05) is 0 Å². The van der Waals surface area contributed by atoms with Crippen LogP contribution < -0.4 is 0 Å². The molecule has 3 rings (SSSR count). The predicted octanol–water partition coefficient (Wildman–Crippen LogP) is 4.74. The number of hydrogen-bond acceptors (Lipinski definition) is 3. The lowest BCUT2D eigenvalue weighted by Gasteiger charge is -2.19. The fourth-order valence-corrected chi connectivity index (χ4v) is 2.91. The van der Waals surface area contributed by atoms with Gasteiger partial charge in [-0.05, 0) is 41.7 Å². The molecule has 2 aromatic heterocycles. The summed E-state index contributed by atoms with van der Waals surface area (Å²) in [5.41, 5.74) is 4.40. The Morgan fingerprint density at radius 2 is 2.05 bits per heavy atom. The van der Waals surface area contributed by atoms with Gasteiger partial charge in [0.05, 0.1) is 5.52 Å². The molecule has 5 heteroatoms. The molecule has 2 heterocycles. The van der Waals surface area contributed by atoms with Crippen molar-refractivity contribution in [2.24, 2.45) is 0 Å². The van der Waals surface area contributed by atoms with Gasteiger partial charge in [-0.25, -0.2) is 0 Å². The van der Waals surface area contributed by atoms with E-state index in [-0.39, 0.29) is 5.41 Å². The van der Waals surface area contributed by atoms with Crippen LogP contribution in [-0.4, -0.2) is 19.7 Å². The van der Waals surface area contributed by atoms with Crippen LogP contribution in [0.15, 0.2) is 18.2 Å². The van der Waals surface area contributed by atoms with Gasteiger partial charge in [-0.2, -0.15) is 10.1 Å². The van der Waals surface area contributed by atoms with E-state index in [1.54, 1.807) is 0 Å². The van der Waals surface area contributed by atoms with Crippen molar-refractivity contribution in [1.82, 2.24) is 19.7 Å². The molecule has 0 unspecified atom stereocenters. The van der Waals surface area contributed by atoms with Gasteiger partial charge in [0.25, 0.3) is 0 Å². The highest BCUT2D eigenvalue weighted by Gasteiger charge is 2.18. The molecule has 0 radical (unpaired) electrons. The lowest BCUT2D eigenvalue weighted by molar-refractivity contribution is 0.591. The molecule has 3 aromatic rings. The van der Waals surface area contributed by atoms with E-state index >= 15 is 0 Å². The van der Waals surface area contributed by atoms with Gasteiger partial charge in [0, 0.05) is 11.9 Å². The SMILES string of the molecule is CCCCn1c2ccc(C(C)(C)C)cc2c2n[nH]c(=S)nc21. The second-order valence-corrected chi connectivity index (χ2v) is 7.19. The molecule has 0 atom stereocenters. The summed E-state index contributed by atoms with van der Waals surface area (Å²) >= 11 is 5.16. The molecule has 0 spiro atoms. The van der Waals surface area contributed by atoms with E-state index < -0.39 is 0 Å². The molecule has 0 saturated heterocycles. The van der Waals surface area contributed by atoms with E-state index in [4.69, 9.17) is 12.2 Å². The van der Waals surface area contributed by atoms with E-state index in [2.05, 4.69) is 65.6 Å². The van der Waals surface area contributed by atoms with Crippen molar-refractivity contribution in [3.63, 3.8) is 0 Å². The third-order valence-electron chi connectivity index (χ3n) is 4.08. The maximum Gasteiger partial charge on any atom is 0.215 e. The Morgan fingerprint density at radius 1 is 1.27 bits per heavy atom. The van der Waals surface area contributed by atoms with Crippen LogP contribution in [0.4, 0.5) is 0 Å². The number of rotatable bonds is 3. The van der Waals surface area contributed by atoms with Crippen molar-refractivity contribution in [2.45, 2.75) is 52.5 Å². The van der Waals surface area contributed by atoms with Crippen LogP contribution in [-0.2, 0) is 12.0 Å². The monoisotopic (exact) mass is 314 g/mol. The van der Waals surface area contributed by atoms with Crippen LogP contribution in [0.5, 0.6) is 0 Å². The van der Waals surface area contributed by atoms with E-state index in [0.717, 1.165) is 35.9 Å². The van der Waals surface area contributed by atoms with Crippen molar-refractivity contribution in [1.29, 1.82) is 0 Å². The summed E-state index contributed by atoms with van der Waals surface area (Å²) in [7, 11) is 0. The zero-order chi connectivity index (χ0) is 15.9. The number of unbranched alkanes of at least 4 members (excludes halogenated alkanes) is 1. The Bertz CT molecular complexity index is 883. The third kappa shape index (κ3) is 2.54. The normalized spacial score (nSPS) is 12.4. The maximum atomic E-state index is 5.16. The molecule has 0 amide bonds. The van der Waals surface area contributed by atoms with Crippen LogP contribution in [0.2, 0.25) is 0 Å². The van der Waals surface area contributed by atoms with Crippen molar-refractivity contribution >= 4 is 34.3 Å². The maximum absolute atomic E-state index is 5.16. The van der Waals surface area contributed by atoms with Crippen molar-refractivity contribution in [3.05, 3.63) is 28.5 Å². The number of fused-ring (bicyclic) bond motifs is 3. The molecule has 22 heavy (non-hydrogen) atoms. The Labute approximate surface area is 135 Å². The zero-order valence-electron chi connectivity index (χ0n) is 13.6. The lowest BCUT2D eigenvalue weighted by Crippen LogP contribution is -2.10. The topological polar surface area (TPSA) is 46.5 Å². The molecule has 0 aliphatic carbocycles. The fraction of sp³-hybridized carbons (Fsp3) is 0.471. The second-order valence-electron chi connectivity index (χ2n) is 6.80. The molecule has 0 saturated carbocycles. The van der Waals surface area contributed by atoms with Gasteiger partial charge in [0.2, 0.25) is 4.77 Å². The molecule has 116 valence electrons. The minimum absolute atomic E-state index is 0.112. The van der Waals surface area contributed by atoms with Crippen molar-refractivity contribution in [2.75, 3.05) is 0 Å². The number of aryl methyl sites for hydroxylation is 1. The molecule has 0 bridgehead atoms. The predicted molar refractivity (Wildman–Crippen MR) is 93.8 cm³/mol. The molecule has 0 aliphatic rings. The Kier molecular flexibility index (Phi) is 3.77. The number of hydrogen-bond donors (Lipinski definition) is 1. The average Bonchev–Trinajstić information content (AvgIpc) is 2.76. The summed E-state index contributed by atoms with van der Waals surface area (Å²) in [5, 5.41) is 8.43. The molecule has 4 nitrogen and oxygen atoms in total. The summed E-state index contributed by atoms with van der Waals surface area (Å²) in [4.78, 5) is 4.52. The van der Waals surface area contributed by atoms with E-state index in [9.17, 15) is 0 Å². The van der Waals surface area contributed by atoms with Gasteiger partial charge in [-0.15, -0.1) is 0 Å². The summed E-state index contributed by atoms with van der Waals surface area (Å²) in [6.07, 6.45) is 2.27. The minimum Gasteiger partial charge on any atom is -0.324 e. The fourth-order valence-electron chi connectivity index (χ4n) is 2.78. The number of aromatic nitrogens is 4. The first-order valence-corrected chi connectivity index (χ1v) is 8.22. The molecule has 1 N–H and O–H groups in total. The van der Waals surface area contributed by atoms with Crippen LogP contribution in [0.3, 0.4) is 0 Å². The van der Waals surface area contributed by atoms with Crippen molar-refractivity contribution in [3.8, 4) is 0 Å². The van der Waals surface area contributed by atoms with Gasteiger partial charge in [-0.3, -0.25) is 5.10 Å². The summed E-state index contributed by atoms with van der Waals surface area (Å²) < 4.78 is 2.68. The number of aromatic amines is 1. The highest BCUT2D eigenvalue weighted by molar-refractivity contribution is 7.71. The number of H-pyrrole nitrogens is 1. The van der Waals surface area contributed by atoms with Crippen molar-refractivity contribution < 1.29 is 0 Å². The lowest BCUT2D eigenvalue weighted by atomic mass is 9.86. The standard InChI is InChI=1S/C17H22N4S/c1-5-6-9-21-13-8-7-11(17(2,3)4)10-12(13)14-15(21)18-16(22)20-19-14/h7-8,10H,5-6,9H2,1-4H3,(H,18,20,22). The van der Waals surface area contributed by atoms with Gasteiger partial charge in [-0.1, -0.05) is 40.2 Å². The third-order valence-corrected chi connectivity index (χ3v) is 4.26. The van der Waals surface area contributed by atoms with Crippen LogP contribution >= 0.6 is 12.2 Å². The Balaban J connectivity index is 2.34. The summed E-state index contributed by atoms with van der Waals surface area (Å²) in [6, 6.07) is 6.64. The second kappa shape index (κ2) is 5.47. The van der Waals surface area contributed by atoms with Gasteiger partial charge in [0.1, 0.15) is 5.52 Å². The smallest absolute Gasteiger partial charge is 0.215 e. The van der Waals surface area contributed by atoms with Crippen LogP contribution in [0.1, 0.15) is 46.1 Å². The molecule has 0 aliphatic heterocycles. The molecular formula is C17H22N4S. The molecule has 1 aromatic carbocycles. The highest BCUT2D eigenvalue weighted by atomic mass is 32.1. The van der Waals surface area contributed by atoms with Gasteiger partial charge in [0.15, 0.2) is 5.65 Å². The van der Waals surface area contributed by atoms with E-state index in [1.165, 1.54) is 11.1 Å². The largest absolute Gasteiger partial charge is 0.324 e. The van der Waals surface area contributed by atoms with Gasteiger partial charge >= 0.3 is 0 Å². The average molecular weight is 314 g/mol. The quantitative estimate of drug-likeness (QED) is 0.710. The summed E-state index contributed by atoms with van der Waals surface area (Å²) in [6.45, 7) is 9.82. The molecular weight excluding hydrogens is 292 g/mol. The van der Waals surface area contributed by atoms with E-state index in [0.29, 0.717) is 4.77 Å².